The maximum absolute atomic E-state index is 13.6. The number of nitrogens with zero attached hydrogens (tertiary/aromatic N) is 1. The van der Waals surface area contributed by atoms with Crippen LogP contribution in [0, 0.1) is 5.82 Å². The highest BCUT2D eigenvalue weighted by atomic mass is 19.1. The van der Waals surface area contributed by atoms with E-state index >= 15 is 0 Å². The number of carbonyl (C=O) groups is 2. The Kier molecular flexibility index (Phi) is 7.14. The molecule has 2 aromatic rings. The van der Waals surface area contributed by atoms with E-state index in [0.717, 1.165) is 25.9 Å². The number of hydrogen-bond donors (Lipinski definition) is 2. The lowest BCUT2D eigenvalue weighted by Crippen LogP contribution is -2.36. The Labute approximate surface area is 164 Å². The van der Waals surface area contributed by atoms with Crippen molar-refractivity contribution in [2.24, 2.45) is 0 Å². The van der Waals surface area contributed by atoms with Gasteiger partial charge in [-0.15, -0.1) is 0 Å². The highest BCUT2D eigenvalue weighted by molar-refractivity contribution is 5.93. The standard InChI is InChI=1S/C22H26FN3O2/c23-20-7-3-2-6-17(20)8-13-21(27)24-18-9-11-19(12-10-18)25-22(28)16-26-14-4-1-5-15-26/h2-3,6-7,9-12H,1,4-5,8,13-16H2,(H,24,27)(H,25,28). The number of rotatable bonds is 7. The van der Waals surface area contributed by atoms with Crippen molar-refractivity contribution in [2.75, 3.05) is 30.3 Å². The number of amides is 2. The van der Waals surface area contributed by atoms with Crippen LogP contribution < -0.4 is 10.6 Å². The topological polar surface area (TPSA) is 61.4 Å². The van der Waals surface area contributed by atoms with Crippen LogP contribution in [-0.4, -0.2) is 36.3 Å². The fourth-order valence-corrected chi connectivity index (χ4v) is 3.33. The van der Waals surface area contributed by atoms with E-state index in [1.807, 2.05) is 0 Å². The molecule has 3 rings (SSSR count). The van der Waals surface area contributed by atoms with Crippen molar-refractivity contribution in [1.82, 2.24) is 4.90 Å². The first-order valence-electron chi connectivity index (χ1n) is 9.76. The maximum atomic E-state index is 13.6. The summed E-state index contributed by atoms with van der Waals surface area (Å²) in [4.78, 5) is 26.4. The second kappa shape index (κ2) is 9.99. The van der Waals surface area contributed by atoms with E-state index in [1.165, 1.54) is 12.5 Å². The zero-order valence-corrected chi connectivity index (χ0v) is 15.9. The number of halogens is 1. The number of benzene rings is 2. The lowest BCUT2D eigenvalue weighted by molar-refractivity contribution is -0.117. The zero-order valence-electron chi connectivity index (χ0n) is 15.9. The molecule has 0 unspecified atom stereocenters. The number of aryl methyl sites for hydroxylation is 1. The molecule has 0 spiro atoms. The normalized spacial score (nSPS) is 14.5. The van der Waals surface area contributed by atoms with Gasteiger partial charge in [-0.25, -0.2) is 4.39 Å². The monoisotopic (exact) mass is 383 g/mol. The van der Waals surface area contributed by atoms with Crippen molar-refractivity contribution in [3.05, 3.63) is 59.9 Å². The van der Waals surface area contributed by atoms with Gasteiger partial charge in [-0.05, 0) is 68.2 Å². The number of hydrogen-bond acceptors (Lipinski definition) is 3. The van der Waals surface area contributed by atoms with E-state index in [0.29, 0.717) is 29.9 Å². The summed E-state index contributed by atoms with van der Waals surface area (Å²) in [5, 5.41) is 5.68. The van der Waals surface area contributed by atoms with Crippen molar-refractivity contribution in [2.45, 2.75) is 32.1 Å². The minimum Gasteiger partial charge on any atom is -0.326 e. The van der Waals surface area contributed by atoms with Crippen molar-refractivity contribution in [3.8, 4) is 0 Å². The Balaban J connectivity index is 1.43. The second-order valence-corrected chi connectivity index (χ2v) is 7.10. The Bertz CT molecular complexity index is 802. The molecule has 2 amide bonds. The summed E-state index contributed by atoms with van der Waals surface area (Å²) < 4.78 is 13.6. The van der Waals surface area contributed by atoms with Gasteiger partial charge in [0.05, 0.1) is 6.54 Å². The van der Waals surface area contributed by atoms with Crippen molar-refractivity contribution in [3.63, 3.8) is 0 Å². The second-order valence-electron chi connectivity index (χ2n) is 7.10. The molecule has 1 aliphatic heterocycles. The number of carbonyl (C=O) groups excluding carboxylic acids is 2. The third kappa shape index (κ3) is 6.16. The molecule has 1 heterocycles. The molecule has 0 radical (unpaired) electrons. The molecule has 0 saturated carbocycles. The third-order valence-electron chi connectivity index (χ3n) is 4.85. The Morgan fingerprint density at radius 2 is 1.46 bits per heavy atom. The zero-order chi connectivity index (χ0) is 19.8. The first-order valence-corrected chi connectivity index (χ1v) is 9.76. The largest absolute Gasteiger partial charge is 0.326 e. The van der Waals surface area contributed by atoms with E-state index in [9.17, 15) is 14.0 Å². The molecule has 0 bridgehead atoms. The predicted octanol–water partition coefficient (Wildman–Crippen LogP) is 3.82. The maximum Gasteiger partial charge on any atom is 0.238 e. The summed E-state index contributed by atoms with van der Waals surface area (Å²) in [5.74, 6) is -0.492. The van der Waals surface area contributed by atoms with Gasteiger partial charge in [-0.2, -0.15) is 0 Å². The quantitative estimate of drug-likeness (QED) is 0.764. The van der Waals surface area contributed by atoms with E-state index in [2.05, 4.69) is 15.5 Å². The Morgan fingerprint density at radius 1 is 0.857 bits per heavy atom. The van der Waals surface area contributed by atoms with Crippen LogP contribution >= 0.6 is 0 Å². The minimum atomic E-state index is -0.292. The SMILES string of the molecule is O=C(CCc1ccccc1F)Nc1ccc(NC(=O)CN2CCCCC2)cc1. The average molecular weight is 383 g/mol. The summed E-state index contributed by atoms with van der Waals surface area (Å²) in [7, 11) is 0. The molecule has 1 aliphatic rings. The highest BCUT2D eigenvalue weighted by Gasteiger charge is 2.14. The molecule has 148 valence electrons. The summed E-state index contributed by atoms with van der Waals surface area (Å²) >= 11 is 0. The fourth-order valence-electron chi connectivity index (χ4n) is 3.33. The molecule has 0 atom stereocenters. The Morgan fingerprint density at radius 3 is 2.11 bits per heavy atom. The first kappa shape index (κ1) is 20.0. The van der Waals surface area contributed by atoms with E-state index in [4.69, 9.17) is 0 Å². The molecule has 1 saturated heterocycles. The van der Waals surface area contributed by atoms with Gasteiger partial charge in [0.1, 0.15) is 5.82 Å². The fraction of sp³-hybridized carbons (Fsp3) is 0.364. The van der Waals surface area contributed by atoms with Gasteiger partial charge < -0.3 is 10.6 Å². The van der Waals surface area contributed by atoms with Crippen LogP contribution in [0.1, 0.15) is 31.2 Å². The molecule has 0 aliphatic carbocycles. The van der Waals surface area contributed by atoms with Gasteiger partial charge in [-0.3, -0.25) is 14.5 Å². The highest BCUT2D eigenvalue weighted by Crippen LogP contribution is 2.15. The third-order valence-corrected chi connectivity index (χ3v) is 4.85. The van der Waals surface area contributed by atoms with Crippen LogP contribution in [-0.2, 0) is 16.0 Å². The number of piperidine rings is 1. The smallest absolute Gasteiger partial charge is 0.238 e. The van der Waals surface area contributed by atoms with Gasteiger partial charge >= 0.3 is 0 Å². The molecule has 2 N–H and O–H groups in total. The lowest BCUT2D eigenvalue weighted by Gasteiger charge is -2.25. The minimum absolute atomic E-state index is 0.0245. The molecule has 2 aromatic carbocycles. The van der Waals surface area contributed by atoms with Crippen LogP contribution in [0.15, 0.2) is 48.5 Å². The molecule has 0 aromatic heterocycles. The molecular formula is C22H26FN3O2. The van der Waals surface area contributed by atoms with Crippen LogP contribution in [0.3, 0.4) is 0 Å². The lowest BCUT2D eigenvalue weighted by atomic mass is 10.1. The van der Waals surface area contributed by atoms with Crippen molar-refractivity contribution < 1.29 is 14.0 Å². The van der Waals surface area contributed by atoms with Crippen LogP contribution in [0.25, 0.3) is 0 Å². The Hall–Kier alpha value is -2.73. The summed E-state index contributed by atoms with van der Waals surface area (Å²) in [5.41, 5.74) is 1.88. The number of nitrogens with one attached hydrogen (secondary N) is 2. The van der Waals surface area contributed by atoms with Gasteiger partial charge in [0.2, 0.25) is 11.8 Å². The van der Waals surface area contributed by atoms with E-state index < -0.39 is 0 Å². The van der Waals surface area contributed by atoms with Gasteiger partial charge in [0.25, 0.3) is 0 Å². The predicted molar refractivity (Wildman–Crippen MR) is 109 cm³/mol. The first-order chi connectivity index (χ1) is 13.6. The summed E-state index contributed by atoms with van der Waals surface area (Å²) in [6, 6.07) is 13.5. The van der Waals surface area contributed by atoms with Gasteiger partial charge in [0, 0.05) is 17.8 Å². The molecule has 5 nitrogen and oxygen atoms in total. The van der Waals surface area contributed by atoms with Gasteiger partial charge in [0.15, 0.2) is 0 Å². The van der Waals surface area contributed by atoms with Crippen molar-refractivity contribution >= 4 is 23.2 Å². The molecule has 6 heteroatoms. The van der Waals surface area contributed by atoms with E-state index in [1.54, 1.807) is 42.5 Å². The molecule has 1 fully saturated rings. The molecular weight excluding hydrogens is 357 g/mol. The molecule has 28 heavy (non-hydrogen) atoms. The van der Waals surface area contributed by atoms with E-state index in [-0.39, 0.29) is 24.1 Å². The summed E-state index contributed by atoms with van der Waals surface area (Å²) in [6.45, 7) is 2.37. The van der Waals surface area contributed by atoms with Gasteiger partial charge in [-0.1, -0.05) is 24.6 Å². The average Bonchev–Trinajstić information content (AvgIpc) is 2.69. The van der Waals surface area contributed by atoms with Crippen LogP contribution in [0.2, 0.25) is 0 Å². The van der Waals surface area contributed by atoms with Crippen LogP contribution in [0.5, 0.6) is 0 Å². The van der Waals surface area contributed by atoms with Crippen molar-refractivity contribution in [1.29, 1.82) is 0 Å². The summed E-state index contributed by atoms with van der Waals surface area (Å²) in [6.07, 6.45) is 4.10. The number of anilines is 2. The van der Waals surface area contributed by atoms with Crippen LogP contribution in [0.4, 0.5) is 15.8 Å². The number of likely N-dealkylation sites (tertiary alicyclic amines) is 1.